The first-order chi connectivity index (χ1) is 3.80. The molecule has 0 bridgehead atoms. The average Bonchev–Trinajstić information content (AvgIpc) is 2.12. The summed E-state index contributed by atoms with van der Waals surface area (Å²) in [6.07, 6.45) is 1.68. The van der Waals surface area contributed by atoms with E-state index < -0.39 is 5.97 Å². The summed E-state index contributed by atoms with van der Waals surface area (Å²) in [5.74, 6) is -0.753. The molecular weight excluding hydrogens is 252 g/mol. The average molecular weight is 256 g/mol. The van der Waals surface area contributed by atoms with E-state index in [1.807, 2.05) is 0 Å². The predicted molar refractivity (Wildman–Crippen MR) is 35.7 cm³/mol. The van der Waals surface area contributed by atoms with Crippen LogP contribution in [0, 0.1) is 0 Å². The van der Waals surface area contributed by atoms with Gasteiger partial charge in [-0.3, -0.25) is 4.79 Å². The van der Waals surface area contributed by atoms with Gasteiger partial charge in [0.25, 0.3) is 0 Å². The summed E-state index contributed by atoms with van der Waals surface area (Å²) in [5.41, 5.74) is 0. The number of carbonyl (C=O) groups is 1. The maximum absolute atomic E-state index is 10.1. The summed E-state index contributed by atoms with van der Waals surface area (Å²) in [4.78, 5) is 10.1. The molecule has 0 aromatic heterocycles. The Labute approximate surface area is 76.4 Å². The molecule has 1 heterocycles. The van der Waals surface area contributed by atoms with E-state index in [1.54, 1.807) is 11.5 Å². The molecule has 9 heavy (non-hydrogen) atoms. The van der Waals surface area contributed by atoms with Gasteiger partial charge < -0.3 is 5.11 Å². The van der Waals surface area contributed by atoms with Crippen LogP contribution in [0.3, 0.4) is 0 Å². The van der Waals surface area contributed by atoms with Crippen molar-refractivity contribution in [3.63, 3.8) is 0 Å². The van der Waals surface area contributed by atoms with Crippen molar-refractivity contribution in [1.82, 2.24) is 0 Å². The Kier molecular flexibility index (Phi) is 4.79. The first-order valence-electron chi connectivity index (χ1n) is 2.02. The van der Waals surface area contributed by atoms with Crippen LogP contribution in [0.15, 0.2) is 11.5 Å². The Morgan fingerprint density at radius 3 is 2.56 bits per heavy atom. The predicted octanol–water partition coefficient (Wildman–Crippen LogP) is 1.35. The minimum atomic E-state index is -0.753. The molecule has 1 atom stereocenters. The van der Waals surface area contributed by atoms with E-state index in [0.717, 1.165) is 0 Å². The summed E-state index contributed by atoms with van der Waals surface area (Å²) in [6.45, 7) is 0. The van der Waals surface area contributed by atoms with Gasteiger partial charge in [-0.05, 0) is 5.41 Å². The maximum Gasteiger partial charge on any atom is 0.321 e. The molecule has 0 aliphatic carbocycles. The third-order valence-corrected chi connectivity index (χ3v) is 2.95. The van der Waals surface area contributed by atoms with Gasteiger partial charge in [-0.25, -0.2) is 0 Å². The third kappa shape index (κ3) is 2.82. The third-order valence-electron chi connectivity index (χ3n) is 0.712. The molecule has 1 unspecified atom stereocenters. The molecule has 1 N–H and O–H groups in total. The molecule has 0 fully saturated rings. The van der Waals surface area contributed by atoms with Crippen molar-refractivity contribution in [2.24, 2.45) is 0 Å². The zero-order valence-corrected chi connectivity index (χ0v) is 7.32. The second-order valence-electron chi connectivity index (χ2n) is 1.28. The summed E-state index contributed by atoms with van der Waals surface area (Å²) in [5, 5.41) is 9.80. The Morgan fingerprint density at radius 2 is 2.33 bits per heavy atom. The van der Waals surface area contributed by atoms with Crippen molar-refractivity contribution in [2.75, 3.05) is 0 Å². The maximum atomic E-state index is 10.1. The molecule has 1 rings (SSSR count). The van der Waals surface area contributed by atoms with Crippen LogP contribution in [0.2, 0.25) is 0 Å². The minimum absolute atomic E-state index is 0. The van der Waals surface area contributed by atoms with E-state index in [0.29, 0.717) is 0 Å². The van der Waals surface area contributed by atoms with Crippen LogP contribution in [-0.2, 0) is 27.2 Å². The number of aliphatic carboxylic acids is 1. The molecule has 0 saturated carbocycles. The number of carboxylic acids is 1. The topological polar surface area (TPSA) is 37.3 Å². The van der Waals surface area contributed by atoms with Gasteiger partial charge in [0.05, 0.1) is 0 Å². The Morgan fingerprint density at radius 1 is 1.67 bits per heavy atom. The fourth-order valence-electron chi connectivity index (χ4n) is 0.351. The summed E-state index contributed by atoms with van der Waals surface area (Å²) in [7, 11) is 2.82. The van der Waals surface area contributed by atoms with Crippen LogP contribution in [0.5, 0.6) is 0 Å². The Bertz CT molecular complexity index is 137. The first-order valence-corrected chi connectivity index (χ1v) is 4.30. The molecule has 0 amide bonds. The van der Waals surface area contributed by atoms with Gasteiger partial charge in [-0.15, -0.1) is 0 Å². The standard InChI is InChI=1S/C4H4O2S2.Ag/c5-4(6)3-1-2-7-8-3;/h1-3H,(H,5,6);. The first kappa shape index (κ1) is 9.65. The van der Waals surface area contributed by atoms with E-state index in [-0.39, 0.29) is 27.6 Å². The van der Waals surface area contributed by atoms with Gasteiger partial charge in [0, 0.05) is 22.4 Å². The van der Waals surface area contributed by atoms with Crippen molar-refractivity contribution < 1.29 is 32.3 Å². The van der Waals surface area contributed by atoms with Gasteiger partial charge in [-0.2, -0.15) is 0 Å². The largest absolute Gasteiger partial charge is 0.480 e. The molecule has 1 aliphatic heterocycles. The van der Waals surface area contributed by atoms with Crippen LogP contribution >= 0.6 is 21.6 Å². The van der Waals surface area contributed by atoms with Crippen LogP contribution < -0.4 is 0 Å². The van der Waals surface area contributed by atoms with Crippen molar-refractivity contribution in [1.29, 1.82) is 0 Å². The quantitative estimate of drug-likeness (QED) is 0.567. The Hall–Kier alpha value is 0.650. The molecule has 1 radical (unpaired) electrons. The number of hydrogen-bond donors (Lipinski definition) is 1. The fourth-order valence-corrected chi connectivity index (χ4v) is 2.26. The molecule has 1 aliphatic rings. The number of hydrogen-bond acceptors (Lipinski definition) is 3. The van der Waals surface area contributed by atoms with Crippen LogP contribution in [0.4, 0.5) is 0 Å². The van der Waals surface area contributed by atoms with Gasteiger partial charge in [0.2, 0.25) is 0 Å². The van der Waals surface area contributed by atoms with Gasteiger partial charge >= 0.3 is 5.97 Å². The van der Waals surface area contributed by atoms with E-state index in [2.05, 4.69) is 0 Å². The molecule has 2 nitrogen and oxygen atoms in total. The molecule has 5 heteroatoms. The van der Waals surface area contributed by atoms with Crippen molar-refractivity contribution >= 4 is 27.6 Å². The zero-order valence-electron chi connectivity index (χ0n) is 4.21. The van der Waals surface area contributed by atoms with Crippen LogP contribution in [0.1, 0.15) is 0 Å². The smallest absolute Gasteiger partial charge is 0.321 e. The normalized spacial score (nSPS) is 23.3. The molecule has 0 spiro atoms. The van der Waals surface area contributed by atoms with E-state index >= 15 is 0 Å². The molecule has 0 aromatic carbocycles. The van der Waals surface area contributed by atoms with Crippen molar-refractivity contribution in [2.45, 2.75) is 5.25 Å². The monoisotopic (exact) mass is 255 g/mol. The summed E-state index contributed by atoms with van der Waals surface area (Å²) < 4.78 is 0. The molecule has 0 aromatic rings. The second-order valence-corrected chi connectivity index (χ2v) is 3.60. The van der Waals surface area contributed by atoms with Crippen molar-refractivity contribution in [3.05, 3.63) is 11.5 Å². The Balaban J connectivity index is 0.000000640. The van der Waals surface area contributed by atoms with Gasteiger partial charge in [-0.1, -0.05) is 27.7 Å². The zero-order chi connectivity index (χ0) is 5.98. The molecule has 55 valence electrons. The molecule has 0 saturated heterocycles. The SMILES string of the molecule is O=C(O)C1C=CSS1.[Ag]. The number of carboxylic acid groups (broad SMARTS) is 1. The fraction of sp³-hybridized carbons (Fsp3) is 0.250. The van der Waals surface area contributed by atoms with Gasteiger partial charge in [0.1, 0.15) is 5.25 Å². The summed E-state index contributed by atoms with van der Waals surface area (Å²) >= 11 is 0. The van der Waals surface area contributed by atoms with E-state index in [9.17, 15) is 4.79 Å². The molecular formula is C4H4AgO2S2. The second kappa shape index (κ2) is 4.46. The van der Waals surface area contributed by atoms with Crippen LogP contribution in [0.25, 0.3) is 0 Å². The van der Waals surface area contributed by atoms with Crippen molar-refractivity contribution in [3.8, 4) is 0 Å². The summed E-state index contributed by atoms with van der Waals surface area (Å²) in [6, 6.07) is 0. The number of rotatable bonds is 1. The minimum Gasteiger partial charge on any atom is -0.480 e. The van der Waals surface area contributed by atoms with Gasteiger partial charge in [0.15, 0.2) is 0 Å². The van der Waals surface area contributed by atoms with E-state index in [1.165, 1.54) is 21.6 Å². The van der Waals surface area contributed by atoms with E-state index in [4.69, 9.17) is 5.11 Å². The van der Waals surface area contributed by atoms with Crippen LogP contribution in [-0.4, -0.2) is 16.3 Å².